The van der Waals surface area contributed by atoms with E-state index in [9.17, 15) is 4.79 Å². The predicted molar refractivity (Wildman–Crippen MR) is 88.5 cm³/mol. The summed E-state index contributed by atoms with van der Waals surface area (Å²) in [5, 5.41) is 3.08. The smallest absolute Gasteiger partial charge is 0.251 e. The molecule has 1 aromatic rings. The summed E-state index contributed by atoms with van der Waals surface area (Å²) in [5.74, 6) is 0.497. The van der Waals surface area contributed by atoms with Crippen LogP contribution in [0.25, 0.3) is 0 Å². The van der Waals surface area contributed by atoms with E-state index in [0.29, 0.717) is 12.5 Å². The minimum atomic E-state index is 0.0102. The molecule has 0 spiro atoms. The second kappa shape index (κ2) is 7.25. The molecule has 0 aliphatic carbocycles. The number of hydrogen-bond donors (Lipinski definition) is 2. The fourth-order valence-electron chi connectivity index (χ4n) is 2.84. The standard InChI is InChI=1S/C18H28N2O2/c1-14(2)15-5-7-16(8-6-15)17(21)19-13-18(3,4)20-9-11-22-12-10-20/h5-8,14H,9-13H2,1-4H3,(H,19,21)/p+1. The van der Waals surface area contributed by atoms with E-state index in [1.165, 1.54) is 10.5 Å². The minimum Gasteiger partial charge on any atom is -0.370 e. The van der Waals surface area contributed by atoms with E-state index in [4.69, 9.17) is 4.74 Å². The van der Waals surface area contributed by atoms with E-state index < -0.39 is 0 Å². The van der Waals surface area contributed by atoms with Crippen LogP contribution < -0.4 is 10.2 Å². The van der Waals surface area contributed by atoms with Gasteiger partial charge in [0.1, 0.15) is 18.6 Å². The first-order chi connectivity index (χ1) is 10.4. The van der Waals surface area contributed by atoms with Gasteiger partial charge in [0, 0.05) is 5.56 Å². The van der Waals surface area contributed by atoms with E-state index in [-0.39, 0.29) is 11.4 Å². The van der Waals surface area contributed by atoms with Crippen LogP contribution in [0.1, 0.15) is 49.5 Å². The topological polar surface area (TPSA) is 42.8 Å². The van der Waals surface area contributed by atoms with Gasteiger partial charge in [0.15, 0.2) is 0 Å². The molecule has 1 aliphatic rings. The molecule has 4 heteroatoms. The van der Waals surface area contributed by atoms with Crippen LogP contribution in [0.4, 0.5) is 0 Å². The van der Waals surface area contributed by atoms with Gasteiger partial charge < -0.3 is 15.0 Å². The third-order valence-electron chi connectivity index (χ3n) is 4.58. The highest BCUT2D eigenvalue weighted by molar-refractivity contribution is 5.94. The zero-order valence-corrected chi connectivity index (χ0v) is 14.2. The summed E-state index contributed by atoms with van der Waals surface area (Å²) in [7, 11) is 0. The Bertz CT molecular complexity index is 488. The molecule has 1 aliphatic heterocycles. The Balaban J connectivity index is 1.91. The van der Waals surface area contributed by atoms with Crippen molar-refractivity contribution < 1.29 is 14.4 Å². The molecule has 1 saturated heterocycles. The van der Waals surface area contributed by atoms with Gasteiger partial charge in [-0.3, -0.25) is 4.79 Å². The average molecular weight is 305 g/mol. The van der Waals surface area contributed by atoms with E-state index in [2.05, 4.69) is 33.0 Å². The Kier molecular flexibility index (Phi) is 5.59. The quantitative estimate of drug-likeness (QED) is 0.859. The number of rotatable bonds is 5. The van der Waals surface area contributed by atoms with E-state index >= 15 is 0 Å². The fraction of sp³-hybridized carbons (Fsp3) is 0.611. The van der Waals surface area contributed by atoms with Crippen LogP contribution in [0.15, 0.2) is 24.3 Å². The van der Waals surface area contributed by atoms with Gasteiger partial charge in [0.05, 0.1) is 19.8 Å². The second-order valence-electron chi connectivity index (χ2n) is 7.06. The minimum absolute atomic E-state index is 0.0102. The second-order valence-corrected chi connectivity index (χ2v) is 7.06. The monoisotopic (exact) mass is 305 g/mol. The van der Waals surface area contributed by atoms with Gasteiger partial charge in [0.25, 0.3) is 5.91 Å². The normalized spacial score (nSPS) is 16.8. The van der Waals surface area contributed by atoms with Gasteiger partial charge >= 0.3 is 0 Å². The number of nitrogens with one attached hydrogen (secondary N) is 2. The third kappa shape index (κ3) is 4.31. The molecule has 1 amide bonds. The number of morpholine rings is 1. The highest BCUT2D eigenvalue weighted by atomic mass is 16.5. The Morgan fingerprint density at radius 1 is 1.23 bits per heavy atom. The lowest BCUT2D eigenvalue weighted by Gasteiger charge is -2.37. The predicted octanol–water partition coefficient (Wildman–Crippen LogP) is 1.23. The Hall–Kier alpha value is -1.39. The fourth-order valence-corrected chi connectivity index (χ4v) is 2.84. The van der Waals surface area contributed by atoms with Gasteiger partial charge in [0.2, 0.25) is 0 Å². The summed E-state index contributed by atoms with van der Waals surface area (Å²) in [5.41, 5.74) is 2.02. The van der Waals surface area contributed by atoms with Crippen molar-refractivity contribution in [3.05, 3.63) is 35.4 Å². The molecule has 1 heterocycles. The van der Waals surface area contributed by atoms with Gasteiger partial charge in [-0.05, 0) is 37.5 Å². The lowest BCUT2D eigenvalue weighted by atomic mass is 10.0. The zero-order chi connectivity index (χ0) is 16.2. The maximum Gasteiger partial charge on any atom is 0.251 e. The summed E-state index contributed by atoms with van der Waals surface area (Å²) < 4.78 is 5.41. The lowest BCUT2D eigenvalue weighted by Crippen LogP contribution is -3.22. The maximum absolute atomic E-state index is 12.3. The Morgan fingerprint density at radius 2 is 1.82 bits per heavy atom. The number of benzene rings is 1. The van der Waals surface area contributed by atoms with Crippen molar-refractivity contribution in [1.29, 1.82) is 0 Å². The molecule has 1 aromatic carbocycles. The summed E-state index contributed by atoms with van der Waals surface area (Å²) in [6.07, 6.45) is 0. The van der Waals surface area contributed by atoms with Crippen LogP contribution in [0.3, 0.4) is 0 Å². The van der Waals surface area contributed by atoms with Crippen molar-refractivity contribution in [2.75, 3.05) is 32.8 Å². The molecule has 1 fully saturated rings. The van der Waals surface area contributed by atoms with Gasteiger partial charge in [-0.1, -0.05) is 26.0 Å². The Labute approximate surface area is 133 Å². The van der Waals surface area contributed by atoms with Gasteiger partial charge in [-0.2, -0.15) is 0 Å². The molecule has 0 unspecified atom stereocenters. The summed E-state index contributed by atoms with van der Waals surface area (Å²) in [6, 6.07) is 7.91. The first-order valence-corrected chi connectivity index (χ1v) is 8.21. The molecule has 4 nitrogen and oxygen atoms in total. The highest BCUT2D eigenvalue weighted by Gasteiger charge is 2.32. The number of carbonyl (C=O) groups excluding carboxylic acids is 1. The zero-order valence-electron chi connectivity index (χ0n) is 14.2. The number of carbonyl (C=O) groups is 1. The molecular formula is C18H29N2O2+. The summed E-state index contributed by atoms with van der Waals surface area (Å²) >= 11 is 0. The lowest BCUT2D eigenvalue weighted by molar-refractivity contribution is -0.954. The first-order valence-electron chi connectivity index (χ1n) is 8.21. The molecule has 0 saturated carbocycles. The molecule has 2 N–H and O–H groups in total. The largest absolute Gasteiger partial charge is 0.370 e. The highest BCUT2D eigenvalue weighted by Crippen LogP contribution is 2.14. The maximum atomic E-state index is 12.3. The van der Waals surface area contributed by atoms with E-state index in [1.54, 1.807) is 0 Å². The molecule has 2 rings (SSSR count). The number of quaternary nitrogens is 1. The van der Waals surface area contributed by atoms with Crippen LogP contribution in [-0.4, -0.2) is 44.3 Å². The molecule has 122 valence electrons. The number of amides is 1. The van der Waals surface area contributed by atoms with Crippen molar-refractivity contribution in [2.24, 2.45) is 0 Å². The molecule has 0 bridgehead atoms. The van der Waals surface area contributed by atoms with Crippen molar-refractivity contribution in [3.63, 3.8) is 0 Å². The van der Waals surface area contributed by atoms with E-state index in [0.717, 1.165) is 31.9 Å². The van der Waals surface area contributed by atoms with Crippen molar-refractivity contribution in [1.82, 2.24) is 5.32 Å². The molecule has 0 aromatic heterocycles. The van der Waals surface area contributed by atoms with Crippen LogP contribution in [0.5, 0.6) is 0 Å². The molecule has 0 radical (unpaired) electrons. The van der Waals surface area contributed by atoms with E-state index in [1.807, 2.05) is 24.3 Å². The average Bonchev–Trinajstić information content (AvgIpc) is 2.53. The van der Waals surface area contributed by atoms with Crippen LogP contribution in [-0.2, 0) is 4.74 Å². The van der Waals surface area contributed by atoms with Crippen LogP contribution in [0, 0.1) is 0 Å². The number of hydrogen-bond acceptors (Lipinski definition) is 2. The summed E-state index contributed by atoms with van der Waals surface area (Å²) in [4.78, 5) is 13.8. The molecule has 22 heavy (non-hydrogen) atoms. The van der Waals surface area contributed by atoms with Crippen LogP contribution in [0.2, 0.25) is 0 Å². The Morgan fingerprint density at radius 3 is 2.36 bits per heavy atom. The van der Waals surface area contributed by atoms with Crippen LogP contribution >= 0.6 is 0 Å². The van der Waals surface area contributed by atoms with Crippen molar-refractivity contribution in [3.8, 4) is 0 Å². The summed E-state index contributed by atoms with van der Waals surface area (Å²) in [6.45, 7) is 13.0. The van der Waals surface area contributed by atoms with Crippen molar-refractivity contribution in [2.45, 2.75) is 39.2 Å². The van der Waals surface area contributed by atoms with Gasteiger partial charge in [-0.15, -0.1) is 0 Å². The molecule has 0 atom stereocenters. The first kappa shape index (κ1) is 17.0. The SMILES string of the molecule is CC(C)c1ccc(C(=O)NCC(C)(C)[NH+]2CCOCC2)cc1. The molecular weight excluding hydrogens is 276 g/mol. The third-order valence-corrected chi connectivity index (χ3v) is 4.58. The number of ether oxygens (including phenoxy) is 1. The van der Waals surface area contributed by atoms with Gasteiger partial charge in [-0.25, -0.2) is 0 Å². The van der Waals surface area contributed by atoms with Crippen molar-refractivity contribution >= 4 is 5.91 Å².